The molecule has 30 heavy (non-hydrogen) atoms. The van der Waals surface area contributed by atoms with Crippen LogP contribution in [-0.2, 0) is 19.3 Å². The van der Waals surface area contributed by atoms with Gasteiger partial charge in [-0.2, -0.15) is 13.2 Å². The Bertz CT molecular complexity index is 843. The van der Waals surface area contributed by atoms with Crippen LogP contribution >= 0.6 is 0 Å². The van der Waals surface area contributed by atoms with Gasteiger partial charge in [0.25, 0.3) is 0 Å². The van der Waals surface area contributed by atoms with Crippen molar-refractivity contribution in [2.24, 2.45) is 0 Å². The van der Waals surface area contributed by atoms with Gasteiger partial charge in [-0.05, 0) is 29.7 Å². The van der Waals surface area contributed by atoms with Crippen molar-refractivity contribution in [1.82, 2.24) is 15.1 Å². The number of nitrogens with one attached hydrogen (secondary N) is 1. The van der Waals surface area contributed by atoms with E-state index in [9.17, 15) is 18.0 Å². The number of nitrogens with zero attached hydrogens (tertiary/aromatic N) is 2. The Labute approximate surface area is 174 Å². The van der Waals surface area contributed by atoms with Crippen LogP contribution in [0.25, 0.3) is 0 Å². The second-order valence-electron chi connectivity index (χ2n) is 7.28. The molecule has 2 aromatic rings. The number of amides is 2. The van der Waals surface area contributed by atoms with Crippen molar-refractivity contribution in [3.63, 3.8) is 0 Å². The minimum atomic E-state index is -4.52. The van der Waals surface area contributed by atoms with Crippen molar-refractivity contribution in [3.05, 3.63) is 65.2 Å². The predicted octanol–water partition coefficient (Wildman–Crippen LogP) is 4.13. The molecule has 0 bridgehead atoms. The molecule has 1 heterocycles. The predicted molar refractivity (Wildman–Crippen MR) is 108 cm³/mol. The number of hydrogen-bond acceptors (Lipinski definition) is 3. The molecule has 8 heteroatoms. The lowest BCUT2D eigenvalue weighted by Crippen LogP contribution is -2.41. The minimum Gasteiger partial charge on any atom is -0.497 e. The Kier molecular flexibility index (Phi) is 7.20. The third-order valence-corrected chi connectivity index (χ3v) is 5.18. The number of ether oxygens (including phenoxy) is 1. The van der Waals surface area contributed by atoms with Gasteiger partial charge in [0.15, 0.2) is 0 Å². The van der Waals surface area contributed by atoms with Crippen LogP contribution in [0.5, 0.6) is 5.75 Å². The van der Waals surface area contributed by atoms with Gasteiger partial charge >= 0.3 is 12.2 Å². The van der Waals surface area contributed by atoms with Gasteiger partial charge in [-0.3, -0.25) is 4.90 Å². The maximum Gasteiger partial charge on any atom is 0.416 e. The van der Waals surface area contributed by atoms with Crippen molar-refractivity contribution in [3.8, 4) is 5.75 Å². The number of benzene rings is 2. The highest BCUT2D eigenvalue weighted by Gasteiger charge is 2.34. The molecular weight excluding hydrogens is 395 g/mol. The number of carbonyl (C=O) groups is 1. The minimum absolute atomic E-state index is 0.0113. The zero-order valence-electron chi connectivity index (χ0n) is 16.9. The lowest BCUT2D eigenvalue weighted by atomic mass is 10.1. The number of methoxy groups -OCH3 is 1. The van der Waals surface area contributed by atoms with Gasteiger partial charge in [0, 0.05) is 39.3 Å². The molecule has 162 valence electrons. The van der Waals surface area contributed by atoms with E-state index in [0.717, 1.165) is 32.1 Å². The zero-order chi connectivity index (χ0) is 21.6. The molecule has 1 saturated heterocycles. The lowest BCUT2D eigenvalue weighted by Gasteiger charge is -2.23. The molecule has 0 aliphatic carbocycles. The molecule has 2 aromatic carbocycles. The normalized spacial score (nSPS) is 15.5. The quantitative estimate of drug-likeness (QED) is 0.790. The molecule has 5 nitrogen and oxygen atoms in total. The van der Waals surface area contributed by atoms with Crippen molar-refractivity contribution >= 4 is 6.03 Å². The summed E-state index contributed by atoms with van der Waals surface area (Å²) in [7, 11) is 1.32. The van der Waals surface area contributed by atoms with Gasteiger partial charge in [0.05, 0.1) is 12.7 Å². The van der Waals surface area contributed by atoms with Crippen LogP contribution in [0.1, 0.15) is 23.1 Å². The standard InChI is InChI=1S/C22H26F3N3O2/c1-30-19-9-8-18(20(14-19)22(23,24)25)15-26-21(29)28-11-5-10-27(12-13-28)16-17-6-3-2-4-7-17/h2-4,6-9,14H,5,10-13,15-16H2,1H3,(H,26,29). The van der Waals surface area contributed by atoms with Crippen LogP contribution in [0, 0.1) is 0 Å². The first-order chi connectivity index (χ1) is 14.4. The average Bonchev–Trinajstić information content (AvgIpc) is 2.97. The Morgan fingerprint density at radius 1 is 1.07 bits per heavy atom. The first kappa shape index (κ1) is 22.0. The summed E-state index contributed by atoms with van der Waals surface area (Å²) in [5, 5.41) is 2.64. The monoisotopic (exact) mass is 421 g/mol. The second-order valence-corrected chi connectivity index (χ2v) is 7.28. The van der Waals surface area contributed by atoms with Crippen molar-refractivity contribution in [2.75, 3.05) is 33.3 Å². The maximum atomic E-state index is 13.3. The number of hydrogen-bond donors (Lipinski definition) is 1. The SMILES string of the molecule is COc1ccc(CNC(=O)N2CCCN(Cc3ccccc3)CC2)c(C(F)(F)F)c1. The van der Waals surface area contributed by atoms with Gasteiger partial charge in [0.1, 0.15) is 5.75 Å². The molecule has 1 N–H and O–H groups in total. The highest BCUT2D eigenvalue weighted by molar-refractivity contribution is 5.74. The summed E-state index contributed by atoms with van der Waals surface area (Å²) in [6.45, 7) is 3.33. The first-order valence-electron chi connectivity index (χ1n) is 9.90. The van der Waals surface area contributed by atoms with E-state index >= 15 is 0 Å². The van der Waals surface area contributed by atoms with Crippen molar-refractivity contribution in [1.29, 1.82) is 0 Å². The summed E-state index contributed by atoms with van der Waals surface area (Å²) >= 11 is 0. The molecule has 1 fully saturated rings. The summed E-state index contributed by atoms with van der Waals surface area (Å²) in [6.07, 6.45) is -3.70. The third-order valence-electron chi connectivity index (χ3n) is 5.18. The molecule has 0 atom stereocenters. The van der Waals surface area contributed by atoms with E-state index in [4.69, 9.17) is 4.74 Å². The van der Waals surface area contributed by atoms with Gasteiger partial charge in [-0.15, -0.1) is 0 Å². The van der Waals surface area contributed by atoms with E-state index in [1.54, 1.807) is 4.90 Å². The smallest absolute Gasteiger partial charge is 0.416 e. The molecule has 1 aliphatic rings. The maximum absolute atomic E-state index is 13.3. The Morgan fingerprint density at radius 2 is 1.83 bits per heavy atom. The third kappa shape index (κ3) is 5.89. The first-order valence-corrected chi connectivity index (χ1v) is 9.90. The van der Waals surface area contributed by atoms with E-state index in [1.165, 1.54) is 24.8 Å². The Morgan fingerprint density at radius 3 is 2.53 bits per heavy atom. The second kappa shape index (κ2) is 9.84. The van der Waals surface area contributed by atoms with Crippen molar-refractivity contribution in [2.45, 2.75) is 25.7 Å². The molecule has 0 spiro atoms. The number of carbonyl (C=O) groups excluding carboxylic acids is 1. The topological polar surface area (TPSA) is 44.8 Å². The van der Waals surface area contributed by atoms with Gasteiger partial charge < -0.3 is 15.0 Å². The number of urea groups is 1. The van der Waals surface area contributed by atoms with Crippen LogP contribution < -0.4 is 10.1 Å². The molecular formula is C22H26F3N3O2. The number of halogens is 3. The molecule has 0 radical (unpaired) electrons. The summed E-state index contributed by atoms with van der Waals surface area (Å²) in [6, 6.07) is 13.5. The van der Waals surface area contributed by atoms with Gasteiger partial charge in [-0.25, -0.2) is 4.79 Å². The summed E-state index contributed by atoms with van der Waals surface area (Å²) in [5.41, 5.74) is 0.429. The summed E-state index contributed by atoms with van der Waals surface area (Å²) < 4.78 is 44.9. The highest BCUT2D eigenvalue weighted by atomic mass is 19.4. The lowest BCUT2D eigenvalue weighted by molar-refractivity contribution is -0.138. The number of alkyl halides is 3. The van der Waals surface area contributed by atoms with E-state index < -0.39 is 11.7 Å². The Balaban J connectivity index is 1.56. The van der Waals surface area contributed by atoms with Crippen LogP contribution in [0.15, 0.2) is 48.5 Å². The van der Waals surface area contributed by atoms with Gasteiger partial charge in [-0.1, -0.05) is 36.4 Å². The molecule has 3 rings (SSSR count). The Hall–Kier alpha value is -2.74. The van der Waals surface area contributed by atoms with E-state index in [0.29, 0.717) is 13.1 Å². The highest BCUT2D eigenvalue weighted by Crippen LogP contribution is 2.34. The van der Waals surface area contributed by atoms with Crippen LogP contribution in [0.2, 0.25) is 0 Å². The van der Waals surface area contributed by atoms with E-state index in [2.05, 4.69) is 22.3 Å². The average molecular weight is 421 g/mol. The fourth-order valence-electron chi connectivity index (χ4n) is 3.56. The molecule has 2 amide bonds. The largest absolute Gasteiger partial charge is 0.497 e. The fraction of sp³-hybridized carbons (Fsp3) is 0.409. The summed E-state index contributed by atoms with van der Waals surface area (Å²) in [4.78, 5) is 16.5. The number of rotatable bonds is 5. The molecule has 0 saturated carbocycles. The van der Waals surface area contributed by atoms with Gasteiger partial charge in [0.2, 0.25) is 0 Å². The van der Waals surface area contributed by atoms with Crippen molar-refractivity contribution < 1.29 is 22.7 Å². The fourth-order valence-corrected chi connectivity index (χ4v) is 3.56. The molecule has 0 aromatic heterocycles. The molecule has 0 unspecified atom stereocenters. The van der Waals surface area contributed by atoms with E-state index in [-0.39, 0.29) is 23.9 Å². The van der Waals surface area contributed by atoms with Crippen LogP contribution in [-0.4, -0.2) is 49.1 Å². The summed E-state index contributed by atoms with van der Waals surface area (Å²) in [5.74, 6) is 0.128. The van der Waals surface area contributed by atoms with Crippen LogP contribution in [0.3, 0.4) is 0 Å². The zero-order valence-corrected chi connectivity index (χ0v) is 16.9. The van der Waals surface area contributed by atoms with Crippen LogP contribution in [0.4, 0.5) is 18.0 Å². The molecule has 1 aliphatic heterocycles. The van der Waals surface area contributed by atoms with E-state index in [1.807, 2.05) is 18.2 Å².